The number of likely N-dealkylation sites (N-methyl/N-ethyl adjacent to an activating group) is 2. The van der Waals surface area contributed by atoms with Crippen LogP contribution < -0.4 is 0 Å². The molecule has 1 aliphatic rings. The fourth-order valence-corrected chi connectivity index (χ4v) is 3.73. The maximum atomic E-state index is 13.3. The van der Waals surface area contributed by atoms with Crippen LogP contribution >= 0.6 is 0 Å². The highest BCUT2D eigenvalue weighted by atomic mass is 16.2. The van der Waals surface area contributed by atoms with E-state index in [9.17, 15) is 4.79 Å². The van der Waals surface area contributed by atoms with E-state index in [4.69, 9.17) is 0 Å². The van der Waals surface area contributed by atoms with Crippen LogP contribution in [0.15, 0.2) is 30.3 Å². The van der Waals surface area contributed by atoms with Gasteiger partial charge in [0, 0.05) is 31.9 Å². The first-order chi connectivity index (χ1) is 12.0. The van der Waals surface area contributed by atoms with Gasteiger partial charge in [0.2, 0.25) is 0 Å². The predicted molar refractivity (Wildman–Crippen MR) is 99.7 cm³/mol. The van der Waals surface area contributed by atoms with Crippen molar-refractivity contribution in [3.63, 3.8) is 0 Å². The van der Waals surface area contributed by atoms with Crippen molar-refractivity contribution >= 4 is 5.91 Å². The van der Waals surface area contributed by atoms with Crippen LogP contribution in [0.5, 0.6) is 0 Å². The molecule has 25 heavy (non-hydrogen) atoms. The summed E-state index contributed by atoms with van der Waals surface area (Å²) in [6.07, 6.45) is 4.31. The van der Waals surface area contributed by atoms with Gasteiger partial charge in [-0.05, 0) is 45.3 Å². The first kappa shape index (κ1) is 17.7. The molecule has 5 heteroatoms. The molecule has 0 saturated heterocycles. The Hall–Kier alpha value is -2.14. The lowest BCUT2D eigenvalue weighted by Crippen LogP contribution is -2.37. The predicted octanol–water partition coefficient (Wildman–Crippen LogP) is 2.67. The lowest BCUT2D eigenvalue weighted by molar-refractivity contribution is 0.0697. The molecular weight excluding hydrogens is 312 g/mol. The topological polar surface area (TPSA) is 41.4 Å². The van der Waals surface area contributed by atoms with E-state index < -0.39 is 0 Å². The van der Waals surface area contributed by atoms with Gasteiger partial charge in [0.15, 0.2) is 5.69 Å². The molecule has 5 nitrogen and oxygen atoms in total. The number of amides is 1. The molecule has 1 aromatic carbocycles. The highest BCUT2D eigenvalue weighted by Crippen LogP contribution is 2.27. The Balaban J connectivity index is 1.92. The van der Waals surface area contributed by atoms with Gasteiger partial charge in [0.05, 0.1) is 6.04 Å². The molecular formula is C20H28N4O. The van der Waals surface area contributed by atoms with Crippen LogP contribution in [-0.2, 0) is 19.9 Å². The van der Waals surface area contributed by atoms with Crippen molar-refractivity contribution in [2.75, 3.05) is 27.7 Å². The van der Waals surface area contributed by atoms with Crippen LogP contribution in [0.2, 0.25) is 0 Å². The number of rotatable bonds is 5. The maximum absolute atomic E-state index is 13.3. The average molecular weight is 340 g/mol. The minimum absolute atomic E-state index is 0.00458. The second-order valence-electron chi connectivity index (χ2n) is 7.21. The lowest BCUT2D eigenvalue weighted by atomic mass is 9.95. The van der Waals surface area contributed by atoms with E-state index in [0.29, 0.717) is 5.69 Å². The molecule has 134 valence electrons. The Morgan fingerprint density at radius 1 is 1.16 bits per heavy atom. The van der Waals surface area contributed by atoms with Gasteiger partial charge in [-0.2, -0.15) is 5.10 Å². The molecule has 0 N–H and O–H groups in total. The molecule has 0 aliphatic heterocycles. The third-order valence-corrected chi connectivity index (χ3v) is 5.08. The zero-order chi connectivity index (χ0) is 18.0. The molecule has 1 unspecified atom stereocenters. The molecule has 0 radical (unpaired) electrons. The van der Waals surface area contributed by atoms with E-state index in [1.165, 1.54) is 12.1 Å². The monoisotopic (exact) mass is 340 g/mol. The number of aromatic nitrogens is 2. The van der Waals surface area contributed by atoms with E-state index >= 15 is 0 Å². The fraction of sp³-hybridized carbons (Fsp3) is 0.500. The van der Waals surface area contributed by atoms with Crippen molar-refractivity contribution in [3.8, 4) is 0 Å². The molecule has 1 aromatic heterocycles. The number of fused-ring (bicyclic) bond motifs is 1. The number of carbonyl (C=O) groups is 1. The van der Waals surface area contributed by atoms with Gasteiger partial charge in [-0.25, -0.2) is 0 Å². The van der Waals surface area contributed by atoms with E-state index in [-0.39, 0.29) is 11.9 Å². The van der Waals surface area contributed by atoms with Crippen molar-refractivity contribution in [1.29, 1.82) is 0 Å². The number of hydrogen-bond donors (Lipinski definition) is 0. The Morgan fingerprint density at radius 2 is 1.84 bits per heavy atom. The van der Waals surface area contributed by atoms with Crippen LogP contribution in [-0.4, -0.2) is 53.2 Å². The molecule has 0 spiro atoms. The van der Waals surface area contributed by atoms with Crippen molar-refractivity contribution in [1.82, 2.24) is 19.6 Å². The van der Waals surface area contributed by atoms with E-state index in [0.717, 1.165) is 36.9 Å². The summed E-state index contributed by atoms with van der Waals surface area (Å²) in [5, 5.41) is 4.58. The first-order valence-electron chi connectivity index (χ1n) is 9.00. The summed E-state index contributed by atoms with van der Waals surface area (Å²) in [5.41, 5.74) is 4.17. The number of hydrogen-bond acceptors (Lipinski definition) is 3. The third-order valence-electron chi connectivity index (χ3n) is 5.08. The van der Waals surface area contributed by atoms with Crippen molar-refractivity contribution in [2.45, 2.75) is 31.7 Å². The summed E-state index contributed by atoms with van der Waals surface area (Å²) in [6, 6.07) is 10.2. The van der Waals surface area contributed by atoms with E-state index in [1.807, 2.05) is 56.0 Å². The zero-order valence-electron chi connectivity index (χ0n) is 15.7. The van der Waals surface area contributed by atoms with Gasteiger partial charge in [0.25, 0.3) is 5.91 Å². The molecule has 1 atom stereocenters. The molecule has 0 saturated carbocycles. The molecule has 1 aliphatic carbocycles. The summed E-state index contributed by atoms with van der Waals surface area (Å²) in [6.45, 7) is 0.779. The number of benzene rings is 1. The van der Waals surface area contributed by atoms with Crippen molar-refractivity contribution in [2.24, 2.45) is 7.05 Å². The molecule has 2 aromatic rings. The minimum atomic E-state index is 0.00458. The van der Waals surface area contributed by atoms with Gasteiger partial charge in [-0.15, -0.1) is 0 Å². The molecule has 1 amide bonds. The zero-order valence-corrected chi connectivity index (χ0v) is 15.7. The van der Waals surface area contributed by atoms with Crippen LogP contribution in [0.25, 0.3) is 0 Å². The Kier molecular flexibility index (Phi) is 5.23. The molecule has 1 heterocycles. The quantitative estimate of drug-likeness (QED) is 0.840. The Morgan fingerprint density at radius 3 is 2.52 bits per heavy atom. The lowest BCUT2D eigenvalue weighted by Gasteiger charge is -2.31. The Bertz CT molecular complexity index is 736. The van der Waals surface area contributed by atoms with Gasteiger partial charge in [-0.3, -0.25) is 9.48 Å². The van der Waals surface area contributed by atoms with Crippen LogP contribution in [0, 0.1) is 0 Å². The molecule has 3 rings (SSSR count). The number of aryl methyl sites for hydroxylation is 1. The van der Waals surface area contributed by atoms with E-state index in [2.05, 4.69) is 22.1 Å². The second-order valence-corrected chi connectivity index (χ2v) is 7.21. The molecule has 0 fully saturated rings. The Labute approximate surface area is 150 Å². The van der Waals surface area contributed by atoms with E-state index in [1.54, 1.807) is 0 Å². The van der Waals surface area contributed by atoms with Gasteiger partial charge >= 0.3 is 0 Å². The maximum Gasteiger partial charge on any atom is 0.274 e. The van der Waals surface area contributed by atoms with Crippen LogP contribution in [0.4, 0.5) is 0 Å². The first-order valence-corrected chi connectivity index (χ1v) is 9.00. The summed E-state index contributed by atoms with van der Waals surface area (Å²) in [5.74, 6) is 0.0226. The molecule has 0 bridgehead atoms. The second kappa shape index (κ2) is 7.40. The number of nitrogens with zero attached hydrogens (tertiary/aromatic N) is 4. The normalized spacial score (nSPS) is 15.1. The third kappa shape index (κ3) is 3.61. The smallest absolute Gasteiger partial charge is 0.274 e. The summed E-state index contributed by atoms with van der Waals surface area (Å²) in [7, 11) is 7.93. The standard InChI is InChI=1S/C20H28N4O/c1-22(2)14-18(15-10-6-5-7-11-15)23(3)20(25)19-16-12-8-9-13-17(16)24(4)21-19/h5-7,10-11,18H,8-9,12-14H2,1-4H3. The minimum Gasteiger partial charge on any atom is -0.332 e. The highest BCUT2D eigenvalue weighted by Gasteiger charge is 2.29. The van der Waals surface area contributed by atoms with Crippen LogP contribution in [0.3, 0.4) is 0 Å². The van der Waals surface area contributed by atoms with Gasteiger partial charge in [0.1, 0.15) is 0 Å². The van der Waals surface area contributed by atoms with Crippen molar-refractivity contribution in [3.05, 3.63) is 52.8 Å². The van der Waals surface area contributed by atoms with Crippen LogP contribution in [0.1, 0.15) is 46.2 Å². The average Bonchev–Trinajstić information content (AvgIpc) is 2.96. The van der Waals surface area contributed by atoms with Gasteiger partial charge in [-0.1, -0.05) is 30.3 Å². The summed E-state index contributed by atoms with van der Waals surface area (Å²) < 4.78 is 1.90. The number of carbonyl (C=O) groups excluding carboxylic acids is 1. The SMILES string of the molecule is CN(C)CC(c1ccccc1)N(C)C(=O)c1nn(C)c2c1CCCC2. The largest absolute Gasteiger partial charge is 0.332 e. The fourth-order valence-electron chi connectivity index (χ4n) is 3.73. The summed E-state index contributed by atoms with van der Waals surface area (Å²) in [4.78, 5) is 17.2. The summed E-state index contributed by atoms with van der Waals surface area (Å²) >= 11 is 0. The van der Waals surface area contributed by atoms with Crippen molar-refractivity contribution < 1.29 is 4.79 Å². The van der Waals surface area contributed by atoms with Gasteiger partial charge < -0.3 is 9.80 Å². The highest BCUT2D eigenvalue weighted by molar-refractivity contribution is 5.94.